The van der Waals surface area contributed by atoms with Gasteiger partial charge in [0, 0.05) is 38.2 Å². The molecule has 1 unspecified atom stereocenters. The van der Waals surface area contributed by atoms with E-state index in [1.54, 1.807) is 0 Å². The summed E-state index contributed by atoms with van der Waals surface area (Å²) in [6.07, 6.45) is 1.22. The molecule has 0 bridgehead atoms. The van der Waals surface area contributed by atoms with Crippen molar-refractivity contribution in [3.8, 4) is 0 Å². The maximum Gasteiger partial charge on any atom is 0.235 e. The molecule has 1 saturated heterocycles. The van der Waals surface area contributed by atoms with Gasteiger partial charge in [-0.3, -0.25) is 4.79 Å². The van der Waals surface area contributed by atoms with Crippen LogP contribution in [0, 0.1) is 0 Å². The number of rotatable bonds is 5. The first-order chi connectivity index (χ1) is 7.90. The van der Waals surface area contributed by atoms with E-state index in [2.05, 4.69) is 5.32 Å². The number of amides is 1. The summed E-state index contributed by atoms with van der Waals surface area (Å²) in [7, 11) is -2.93. The minimum absolute atomic E-state index is 0.116. The van der Waals surface area contributed by atoms with Crippen LogP contribution in [-0.4, -0.2) is 68.4 Å². The van der Waals surface area contributed by atoms with E-state index in [9.17, 15) is 13.2 Å². The molecule has 7 heteroatoms. The highest BCUT2D eigenvalue weighted by Gasteiger charge is 2.22. The number of carbonyl (C=O) groups is 1. The lowest BCUT2D eigenvalue weighted by molar-refractivity contribution is -0.130. The van der Waals surface area contributed by atoms with Crippen molar-refractivity contribution in [1.29, 1.82) is 0 Å². The molecule has 100 valence electrons. The smallest absolute Gasteiger partial charge is 0.235 e. The number of nitrogens with one attached hydrogen (secondary N) is 1. The first-order valence-electron chi connectivity index (χ1n) is 5.69. The van der Waals surface area contributed by atoms with Crippen LogP contribution in [0.5, 0.6) is 0 Å². The molecule has 1 fully saturated rings. The van der Waals surface area contributed by atoms with Crippen LogP contribution in [0.15, 0.2) is 0 Å². The van der Waals surface area contributed by atoms with Gasteiger partial charge in [0.2, 0.25) is 5.91 Å². The highest BCUT2D eigenvalue weighted by molar-refractivity contribution is 8.01. The Hall–Kier alpha value is -0.270. The number of sulfone groups is 1. The van der Waals surface area contributed by atoms with Gasteiger partial charge in [-0.1, -0.05) is 0 Å². The molecule has 1 heterocycles. The summed E-state index contributed by atoms with van der Waals surface area (Å²) in [4.78, 5) is 13.8. The fraction of sp³-hybridized carbons (Fsp3) is 0.900. The number of hydrogen-bond acceptors (Lipinski definition) is 5. The van der Waals surface area contributed by atoms with Crippen molar-refractivity contribution in [2.45, 2.75) is 12.2 Å². The van der Waals surface area contributed by atoms with Crippen molar-refractivity contribution in [3.63, 3.8) is 0 Å². The summed E-state index contributed by atoms with van der Waals surface area (Å²) in [5.74, 6) is 0.735. The van der Waals surface area contributed by atoms with Gasteiger partial charge < -0.3 is 10.2 Å². The molecule has 0 aliphatic carbocycles. The van der Waals surface area contributed by atoms with Gasteiger partial charge in [0.25, 0.3) is 0 Å². The van der Waals surface area contributed by atoms with Crippen LogP contribution >= 0.6 is 11.8 Å². The number of piperazine rings is 1. The number of nitrogens with zero attached hydrogens (tertiary/aromatic N) is 1. The first-order valence-corrected chi connectivity index (χ1v) is 8.80. The molecule has 1 aliphatic heterocycles. The van der Waals surface area contributed by atoms with Gasteiger partial charge in [0.15, 0.2) is 0 Å². The summed E-state index contributed by atoms with van der Waals surface area (Å²) in [6.45, 7) is 5.02. The molecule has 1 rings (SSSR count). The molecular formula is C10H20N2O3S2. The third kappa shape index (κ3) is 5.74. The van der Waals surface area contributed by atoms with Crippen LogP contribution in [0.1, 0.15) is 6.92 Å². The number of hydrogen-bond donors (Lipinski definition) is 1. The maximum atomic E-state index is 12.0. The maximum absolute atomic E-state index is 12.0. The second-order valence-electron chi connectivity index (χ2n) is 4.22. The molecule has 1 atom stereocenters. The monoisotopic (exact) mass is 280 g/mol. The van der Waals surface area contributed by atoms with Crippen molar-refractivity contribution in [1.82, 2.24) is 10.2 Å². The molecule has 0 spiro atoms. The van der Waals surface area contributed by atoms with E-state index < -0.39 is 9.84 Å². The molecule has 1 amide bonds. The second-order valence-corrected chi connectivity index (χ2v) is 7.93. The zero-order chi connectivity index (χ0) is 12.9. The Labute approximate surface area is 107 Å². The Morgan fingerprint density at radius 2 is 2.00 bits per heavy atom. The van der Waals surface area contributed by atoms with Crippen molar-refractivity contribution < 1.29 is 13.2 Å². The van der Waals surface area contributed by atoms with Crippen LogP contribution in [0.3, 0.4) is 0 Å². The van der Waals surface area contributed by atoms with Crippen molar-refractivity contribution >= 4 is 27.5 Å². The van der Waals surface area contributed by atoms with Crippen molar-refractivity contribution in [2.75, 3.05) is 43.9 Å². The average molecular weight is 280 g/mol. The van der Waals surface area contributed by atoms with Gasteiger partial charge >= 0.3 is 0 Å². The molecule has 1 aliphatic rings. The average Bonchev–Trinajstić information content (AvgIpc) is 2.27. The zero-order valence-corrected chi connectivity index (χ0v) is 11.9. The Morgan fingerprint density at radius 1 is 1.41 bits per heavy atom. The van der Waals surface area contributed by atoms with Gasteiger partial charge in [-0.2, -0.15) is 0 Å². The second kappa shape index (κ2) is 6.61. The topological polar surface area (TPSA) is 66.5 Å². The molecule has 17 heavy (non-hydrogen) atoms. The number of carbonyl (C=O) groups excluding carboxylic acids is 1. The van der Waals surface area contributed by atoms with Gasteiger partial charge in [-0.15, -0.1) is 11.8 Å². The molecule has 0 aromatic heterocycles. The van der Waals surface area contributed by atoms with Crippen LogP contribution < -0.4 is 5.32 Å². The molecule has 0 radical (unpaired) electrons. The standard InChI is InChI=1S/C10H20N2O3S2/c1-9(16-7-8-17(2,14)15)10(13)12-5-3-11-4-6-12/h9,11H,3-8H2,1-2H3. The third-order valence-corrected chi connectivity index (χ3v) is 4.94. The van der Waals surface area contributed by atoms with E-state index >= 15 is 0 Å². The van der Waals surface area contributed by atoms with E-state index in [0.717, 1.165) is 26.2 Å². The molecule has 0 aromatic rings. The van der Waals surface area contributed by atoms with E-state index in [1.807, 2.05) is 11.8 Å². The summed E-state index contributed by atoms with van der Waals surface area (Å²) in [6, 6.07) is 0. The van der Waals surface area contributed by atoms with Gasteiger partial charge in [0.05, 0.1) is 11.0 Å². The third-order valence-electron chi connectivity index (χ3n) is 2.60. The minimum atomic E-state index is -2.93. The zero-order valence-electron chi connectivity index (χ0n) is 10.3. The predicted molar refractivity (Wildman–Crippen MR) is 71.1 cm³/mol. The lowest BCUT2D eigenvalue weighted by Crippen LogP contribution is -2.48. The lowest BCUT2D eigenvalue weighted by atomic mass is 10.3. The van der Waals surface area contributed by atoms with Crippen LogP contribution in [0.25, 0.3) is 0 Å². The van der Waals surface area contributed by atoms with Crippen LogP contribution in [-0.2, 0) is 14.6 Å². The highest BCUT2D eigenvalue weighted by Crippen LogP contribution is 2.14. The predicted octanol–water partition coefficient (Wildman–Crippen LogP) is -0.415. The van der Waals surface area contributed by atoms with E-state index in [0.29, 0.717) is 5.75 Å². The van der Waals surface area contributed by atoms with Crippen molar-refractivity contribution in [2.24, 2.45) is 0 Å². The van der Waals surface area contributed by atoms with E-state index in [4.69, 9.17) is 0 Å². The SMILES string of the molecule is CC(SCCS(C)(=O)=O)C(=O)N1CCNCC1. The quantitative estimate of drug-likeness (QED) is 0.741. The number of thioether (sulfide) groups is 1. The molecule has 0 aromatic carbocycles. The first kappa shape index (κ1) is 14.8. The van der Waals surface area contributed by atoms with E-state index in [1.165, 1.54) is 18.0 Å². The van der Waals surface area contributed by atoms with Gasteiger partial charge in [-0.05, 0) is 6.92 Å². The summed E-state index contributed by atoms with van der Waals surface area (Å²) in [5.41, 5.74) is 0. The van der Waals surface area contributed by atoms with Crippen LogP contribution in [0.2, 0.25) is 0 Å². The van der Waals surface area contributed by atoms with Gasteiger partial charge in [-0.25, -0.2) is 8.42 Å². The summed E-state index contributed by atoms with van der Waals surface area (Å²) in [5, 5.41) is 3.03. The van der Waals surface area contributed by atoms with Gasteiger partial charge in [0.1, 0.15) is 9.84 Å². The fourth-order valence-corrected chi connectivity index (χ4v) is 3.83. The molecule has 5 nitrogen and oxygen atoms in total. The highest BCUT2D eigenvalue weighted by atomic mass is 32.2. The summed E-state index contributed by atoms with van der Waals surface area (Å²) >= 11 is 1.41. The molecule has 0 saturated carbocycles. The van der Waals surface area contributed by atoms with E-state index in [-0.39, 0.29) is 16.9 Å². The van der Waals surface area contributed by atoms with Crippen LogP contribution in [0.4, 0.5) is 0 Å². The normalized spacial score (nSPS) is 19.1. The Kier molecular flexibility index (Phi) is 5.75. The minimum Gasteiger partial charge on any atom is -0.339 e. The van der Waals surface area contributed by atoms with Crippen molar-refractivity contribution in [3.05, 3.63) is 0 Å². The lowest BCUT2D eigenvalue weighted by Gasteiger charge is -2.29. The Bertz CT molecular complexity index is 351. The Balaban J connectivity index is 2.31. The summed E-state index contributed by atoms with van der Waals surface area (Å²) < 4.78 is 21.9. The molecular weight excluding hydrogens is 260 g/mol. The Morgan fingerprint density at radius 3 is 2.53 bits per heavy atom. The largest absolute Gasteiger partial charge is 0.339 e. The fourth-order valence-electron chi connectivity index (χ4n) is 1.59. The molecule has 1 N–H and O–H groups in total.